The van der Waals surface area contributed by atoms with Crippen LogP contribution in [0.5, 0.6) is 0 Å². The van der Waals surface area contributed by atoms with Crippen molar-refractivity contribution in [2.75, 3.05) is 29.0 Å². The normalized spacial score (nSPS) is 11.4. The van der Waals surface area contributed by atoms with E-state index in [4.69, 9.17) is 9.05 Å². The van der Waals surface area contributed by atoms with Crippen molar-refractivity contribution in [3.63, 3.8) is 0 Å². The Labute approximate surface area is 147 Å². The van der Waals surface area contributed by atoms with Crippen LogP contribution in [0.25, 0.3) is 10.9 Å². The van der Waals surface area contributed by atoms with Crippen molar-refractivity contribution in [1.29, 1.82) is 0 Å². The average molecular weight is 365 g/mol. The fraction of sp³-hybridized carbons (Fsp3) is 0.385. The first kappa shape index (κ1) is 18.8. The first-order chi connectivity index (χ1) is 11.5. The molecule has 9 nitrogen and oxygen atoms in total. The first-order valence-electron chi connectivity index (χ1n) is 7.26. The average Bonchev–Trinajstić information content (AvgIpc) is 2.54. The molecule has 0 spiro atoms. The van der Waals surface area contributed by atoms with Crippen LogP contribution in [0.3, 0.4) is 0 Å². The van der Waals surface area contributed by atoms with Crippen LogP contribution in [0.2, 0.25) is 0 Å². The van der Waals surface area contributed by atoms with E-state index in [1.54, 1.807) is 19.9 Å². The van der Waals surface area contributed by atoms with Crippen molar-refractivity contribution >= 4 is 52.6 Å². The van der Waals surface area contributed by atoms with Crippen LogP contribution in [0, 0.1) is 0 Å². The molecule has 2 radical (unpaired) electrons. The molecular weight excluding hydrogens is 348 g/mol. The van der Waals surface area contributed by atoms with Gasteiger partial charge in [-0.1, -0.05) is 0 Å². The summed E-state index contributed by atoms with van der Waals surface area (Å²) < 4.78 is 25.4. The molecule has 0 aliphatic carbocycles. The van der Waals surface area contributed by atoms with E-state index < -0.39 is 13.5 Å². The van der Waals surface area contributed by atoms with Gasteiger partial charge in [0.25, 0.3) is 0 Å². The second-order valence-corrected chi connectivity index (χ2v) is 6.95. The lowest BCUT2D eigenvalue weighted by atomic mass is 10.3. The number of rotatable bonds is 8. The maximum atomic E-state index is 12.4. The molecule has 0 unspecified atom stereocenters. The highest BCUT2D eigenvalue weighted by Crippen LogP contribution is 2.47. The number of pyridine rings is 1. The van der Waals surface area contributed by atoms with Crippen LogP contribution in [0.1, 0.15) is 13.8 Å². The van der Waals surface area contributed by atoms with E-state index in [-0.39, 0.29) is 19.4 Å². The van der Waals surface area contributed by atoms with Crippen LogP contribution < -0.4 is 9.62 Å². The van der Waals surface area contributed by atoms with Gasteiger partial charge in [-0.05, 0) is 19.9 Å². The Bertz CT molecular complexity index is 765. The zero-order chi connectivity index (χ0) is 17.6. The SMILES string of the molecule is CCOP(=O)(CC(=O)Nc1cc2c([NH][Al])ncnc2cn1)OCC. The van der Waals surface area contributed by atoms with Crippen molar-refractivity contribution in [3.05, 3.63) is 18.6 Å². The standard InChI is InChI=1S/C13H18N5O4P.Al/c1-3-21-23(20,22-4-2)7-12(19)18-11-5-9-10(6-15-11)16-8-17-13(9)14;/h5-6,8H,3-4,7H2,1-2H3,(H3,14,15,16,17,18,19);/q;+1/p-1. The molecule has 2 aromatic heterocycles. The fourth-order valence-corrected chi connectivity index (χ4v) is 3.73. The maximum Gasteiger partial charge on any atom is 0.340 e. The summed E-state index contributed by atoms with van der Waals surface area (Å²) in [5, 5.41) is 3.28. The van der Waals surface area contributed by atoms with Crippen molar-refractivity contribution in [3.8, 4) is 0 Å². The number of hydrogen-bond donors (Lipinski definition) is 2. The van der Waals surface area contributed by atoms with E-state index >= 15 is 0 Å². The second kappa shape index (κ2) is 8.51. The van der Waals surface area contributed by atoms with Gasteiger partial charge in [0.05, 0.1) is 24.9 Å². The molecule has 11 heteroatoms. The molecule has 0 atom stereocenters. The number of aromatic nitrogens is 3. The van der Waals surface area contributed by atoms with Gasteiger partial charge in [0.15, 0.2) is 0 Å². The third-order valence-corrected chi connectivity index (χ3v) is 5.17. The molecule has 2 N–H and O–H groups in total. The first-order valence-corrected chi connectivity index (χ1v) is 9.57. The predicted octanol–water partition coefficient (Wildman–Crippen LogP) is 1.72. The van der Waals surface area contributed by atoms with Gasteiger partial charge in [0.2, 0.25) is 5.91 Å². The number of hydrogen-bond acceptors (Lipinski definition) is 8. The van der Waals surface area contributed by atoms with Crippen LogP contribution in [0.15, 0.2) is 18.6 Å². The van der Waals surface area contributed by atoms with E-state index in [9.17, 15) is 9.36 Å². The van der Waals surface area contributed by atoms with Crippen molar-refractivity contribution in [1.82, 2.24) is 15.0 Å². The van der Waals surface area contributed by atoms with E-state index in [2.05, 4.69) is 41.1 Å². The lowest BCUT2D eigenvalue weighted by Crippen LogP contribution is -2.19. The van der Waals surface area contributed by atoms with Gasteiger partial charge in [-0.2, -0.15) is 0 Å². The lowest BCUT2D eigenvalue weighted by Gasteiger charge is -2.16. The minimum absolute atomic E-state index is 0.194. The lowest BCUT2D eigenvalue weighted by molar-refractivity contribution is -0.114. The summed E-state index contributed by atoms with van der Waals surface area (Å²) in [6.45, 7) is 3.76. The monoisotopic (exact) mass is 365 g/mol. The molecule has 2 rings (SSSR count). The smallest absolute Gasteiger partial charge is 0.340 e. The zero-order valence-electron chi connectivity index (χ0n) is 13.4. The maximum absolute atomic E-state index is 12.4. The molecule has 0 aromatic carbocycles. The summed E-state index contributed by atoms with van der Waals surface area (Å²) in [5.41, 5.74) is 0.627. The minimum atomic E-state index is -3.46. The van der Waals surface area contributed by atoms with E-state index in [0.29, 0.717) is 22.5 Å². The van der Waals surface area contributed by atoms with E-state index in [0.717, 1.165) is 0 Å². The summed E-state index contributed by atoms with van der Waals surface area (Å²) >= 11 is 2.35. The van der Waals surface area contributed by atoms with Gasteiger partial charge in [-0.25, -0.2) is 15.0 Å². The molecule has 24 heavy (non-hydrogen) atoms. The molecule has 2 heterocycles. The van der Waals surface area contributed by atoms with Gasteiger partial charge in [0, 0.05) is 5.39 Å². The number of carbonyl (C=O) groups is 1. The van der Waals surface area contributed by atoms with Crippen molar-refractivity contribution in [2.45, 2.75) is 13.8 Å². The Morgan fingerprint density at radius 2 is 1.96 bits per heavy atom. The highest BCUT2D eigenvalue weighted by atomic mass is 31.2. The molecule has 0 bridgehead atoms. The molecular formula is C13H17AlN5O4P. The summed E-state index contributed by atoms with van der Waals surface area (Å²) in [6.07, 6.45) is 2.55. The van der Waals surface area contributed by atoms with Crippen molar-refractivity contribution in [2.24, 2.45) is 0 Å². The highest BCUT2D eigenvalue weighted by Gasteiger charge is 2.27. The Morgan fingerprint density at radius 3 is 2.58 bits per heavy atom. The van der Waals surface area contributed by atoms with Gasteiger partial charge in [-0.15, -0.1) is 0 Å². The van der Waals surface area contributed by atoms with Gasteiger partial charge in [-0.3, -0.25) is 9.36 Å². The predicted molar refractivity (Wildman–Crippen MR) is 91.1 cm³/mol. The third kappa shape index (κ3) is 4.72. The van der Waals surface area contributed by atoms with Crippen LogP contribution in [-0.2, 0) is 18.4 Å². The van der Waals surface area contributed by atoms with Gasteiger partial charge in [0.1, 0.15) is 24.1 Å². The number of fused-ring (bicyclic) bond motifs is 1. The molecule has 126 valence electrons. The molecule has 0 saturated heterocycles. The molecule has 0 aliphatic rings. The Kier molecular flexibility index (Phi) is 6.66. The molecule has 0 aliphatic heterocycles. The van der Waals surface area contributed by atoms with E-state index in [1.165, 1.54) is 12.5 Å². The Balaban J connectivity index is 2.16. The summed E-state index contributed by atoms with van der Waals surface area (Å²) in [4.78, 5) is 24.4. The number of amides is 1. The Hall–Kier alpha value is -1.56. The second-order valence-electron chi connectivity index (χ2n) is 4.61. The van der Waals surface area contributed by atoms with Gasteiger partial charge >= 0.3 is 24.1 Å². The molecule has 0 fully saturated rings. The molecule has 0 saturated carbocycles. The van der Waals surface area contributed by atoms with Crippen molar-refractivity contribution < 1.29 is 18.4 Å². The van der Waals surface area contributed by atoms with Crippen LogP contribution in [0.4, 0.5) is 11.6 Å². The van der Waals surface area contributed by atoms with Crippen LogP contribution >= 0.6 is 7.60 Å². The number of nitrogens with one attached hydrogen (secondary N) is 2. The van der Waals surface area contributed by atoms with E-state index in [1.807, 2.05) is 0 Å². The summed E-state index contributed by atoms with van der Waals surface area (Å²) in [5.74, 6) is 0.366. The van der Waals surface area contributed by atoms with Gasteiger partial charge < -0.3 is 18.7 Å². The number of nitrogens with zero attached hydrogens (tertiary/aromatic N) is 3. The zero-order valence-corrected chi connectivity index (χ0v) is 15.4. The largest absolute Gasteiger partial charge is 0.476 e. The minimum Gasteiger partial charge on any atom is -0.476 e. The van der Waals surface area contributed by atoms with Crippen LogP contribution in [-0.4, -0.2) is 56.7 Å². The number of anilines is 2. The number of carbonyl (C=O) groups excluding carboxylic acids is 1. The quantitative estimate of drug-likeness (QED) is 0.537. The topological polar surface area (TPSA) is 115 Å². The highest BCUT2D eigenvalue weighted by molar-refractivity contribution is 7.54. The third-order valence-electron chi connectivity index (χ3n) is 2.91. The molecule has 2 aromatic rings. The Morgan fingerprint density at radius 1 is 1.25 bits per heavy atom. The summed E-state index contributed by atoms with van der Waals surface area (Å²) in [6, 6.07) is 1.63. The summed E-state index contributed by atoms with van der Waals surface area (Å²) in [7, 11) is -3.46. The fourth-order valence-electron chi connectivity index (χ4n) is 2.02. The molecule has 1 amide bonds.